The first-order valence-corrected chi connectivity index (χ1v) is 13.8. The van der Waals surface area contributed by atoms with E-state index in [4.69, 9.17) is 19.4 Å². The second-order valence-corrected chi connectivity index (χ2v) is 12.0. The van der Waals surface area contributed by atoms with Gasteiger partial charge in [0.1, 0.15) is 6.10 Å². The van der Waals surface area contributed by atoms with E-state index in [2.05, 4.69) is 0 Å². The summed E-state index contributed by atoms with van der Waals surface area (Å²) in [7, 11) is -7.90. The fraction of sp³-hybridized carbons (Fsp3) is 0.455. The van der Waals surface area contributed by atoms with Gasteiger partial charge in [-0.3, -0.25) is 4.18 Å². The van der Waals surface area contributed by atoms with Gasteiger partial charge in [0, 0.05) is 25.2 Å². The second kappa shape index (κ2) is 10.4. The van der Waals surface area contributed by atoms with Gasteiger partial charge in [-0.05, 0) is 30.0 Å². The number of benzene rings is 2. The van der Waals surface area contributed by atoms with Crippen molar-refractivity contribution in [1.82, 2.24) is 4.31 Å². The van der Waals surface area contributed by atoms with Gasteiger partial charge in [-0.25, -0.2) is 8.42 Å². The average molecular weight is 499 g/mol. The van der Waals surface area contributed by atoms with Crippen molar-refractivity contribution >= 4 is 20.1 Å². The van der Waals surface area contributed by atoms with Crippen LogP contribution in [0.3, 0.4) is 0 Å². The molecule has 9 nitrogen and oxygen atoms in total. The third-order valence-electron chi connectivity index (χ3n) is 5.02. The van der Waals surface area contributed by atoms with Gasteiger partial charge < -0.3 is 15.2 Å². The minimum atomic E-state index is -4.01. The number of nitrogens with zero attached hydrogens (tertiary/aromatic N) is 1. The summed E-state index contributed by atoms with van der Waals surface area (Å²) in [5, 5.41) is 0. The Morgan fingerprint density at radius 2 is 1.67 bits per heavy atom. The zero-order valence-electron chi connectivity index (χ0n) is 18.9. The second-order valence-electron chi connectivity index (χ2n) is 8.42. The van der Waals surface area contributed by atoms with Crippen molar-refractivity contribution in [2.45, 2.75) is 37.3 Å². The number of fused-ring (bicyclic) bond motifs is 1. The van der Waals surface area contributed by atoms with Crippen LogP contribution in [0.5, 0.6) is 11.5 Å². The molecule has 0 saturated heterocycles. The number of hydrogen-bond donors (Lipinski definition) is 1. The molecule has 1 aliphatic heterocycles. The lowest BCUT2D eigenvalue weighted by Gasteiger charge is -2.30. The molecule has 0 aromatic heterocycles. The summed E-state index contributed by atoms with van der Waals surface area (Å²) in [6, 6.07) is 12.9. The minimum Gasteiger partial charge on any atom is -0.454 e. The molecule has 1 heterocycles. The summed E-state index contributed by atoms with van der Waals surface area (Å²) < 4.78 is 68.1. The molecule has 2 N–H and O–H groups in total. The number of sulfonamides is 1. The zero-order valence-corrected chi connectivity index (χ0v) is 20.5. The molecular formula is C22H30N2O7S2. The highest BCUT2D eigenvalue weighted by Gasteiger charge is 2.33. The van der Waals surface area contributed by atoms with Crippen LogP contribution in [0.15, 0.2) is 53.4 Å². The van der Waals surface area contributed by atoms with Crippen LogP contribution >= 0.6 is 0 Å². The molecule has 0 aliphatic carbocycles. The van der Waals surface area contributed by atoms with Crippen LogP contribution in [0.1, 0.15) is 19.4 Å². The van der Waals surface area contributed by atoms with Crippen molar-refractivity contribution in [3.05, 3.63) is 54.1 Å². The van der Waals surface area contributed by atoms with Gasteiger partial charge >= 0.3 is 0 Å². The minimum absolute atomic E-state index is 0.0159. The summed E-state index contributed by atoms with van der Waals surface area (Å²) in [6.45, 7) is 3.69. The lowest BCUT2D eigenvalue weighted by Crippen LogP contribution is -2.49. The first kappa shape index (κ1) is 25.4. The van der Waals surface area contributed by atoms with Gasteiger partial charge in [0.2, 0.25) is 16.8 Å². The van der Waals surface area contributed by atoms with Gasteiger partial charge in [-0.2, -0.15) is 12.7 Å². The van der Waals surface area contributed by atoms with E-state index in [1.54, 1.807) is 0 Å². The Bertz CT molecular complexity index is 1150. The van der Waals surface area contributed by atoms with Crippen molar-refractivity contribution in [2.75, 3.05) is 26.1 Å². The van der Waals surface area contributed by atoms with Gasteiger partial charge in [0.05, 0.1) is 11.2 Å². The Kier molecular flexibility index (Phi) is 8.01. The van der Waals surface area contributed by atoms with E-state index in [9.17, 15) is 16.8 Å². The molecule has 0 bridgehead atoms. The lowest BCUT2D eigenvalue weighted by molar-refractivity contribution is 0.146. The maximum atomic E-state index is 13.5. The van der Waals surface area contributed by atoms with E-state index in [1.807, 2.05) is 44.2 Å². The predicted octanol–water partition coefficient (Wildman–Crippen LogP) is 1.98. The standard InChI is InChI=1S/C22H30N2O7S2/c1-16(2)13-24(33(27,28)18-9-10-20-21(12-18)30-15-29-20)14-22(31-32(3,25)26)19(23)11-17-7-5-4-6-8-17/h4-10,12,16,19,22H,11,13-15,23H2,1-3H3. The largest absolute Gasteiger partial charge is 0.454 e. The molecule has 2 aromatic rings. The van der Waals surface area contributed by atoms with Crippen LogP contribution in [0.2, 0.25) is 0 Å². The van der Waals surface area contributed by atoms with E-state index >= 15 is 0 Å². The van der Waals surface area contributed by atoms with Crippen LogP contribution in [0.25, 0.3) is 0 Å². The quantitative estimate of drug-likeness (QED) is 0.466. The third kappa shape index (κ3) is 6.90. The summed E-state index contributed by atoms with van der Waals surface area (Å²) >= 11 is 0. The number of ether oxygens (including phenoxy) is 2. The molecule has 33 heavy (non-hydrogen) atoms. The summed E-state index contributed by atoms with van der Waals surface area (Å²) in [6.07, 6.45) is 0.164. The Morgan fingerprint density at radius 3 is 2.30 bits per heavy atom. The van der Waals surface area contributed by atoms with Crippen LogP contribution < -0.4 is 15.2 Å². The van der Waals surface area contributed by atoms with E-state index in [-0.39, 0.29) is 30.7 Å². The van der Waals surface area contributed by atoms with Crippen LogP contribution in [0.4, 0.5) is 0 Å². The van der Waals surface area contributed by atoms with Crippen molar-refractivity contribution in [2.24, 2.45) is 11.7 Å². The maximum absolute atomic E-state index is 13.5. The highest BCUT2D eigenvalue weighted by atomic mass is 32.2. The topological polar surface area (TPSA) is 125 Å². The molecule has 2 atom stereocenters. The molecular weight excluding hydrogens is 468 g/mol. The average Bonchev–Trinajstić information content (AvgIpc) is 3.20. The van der Waals surface area contributed by atoms with E-state index in [0.29, 0.717) is 17.9 Å². The molecule has 3 rings (SSSR count). The smallest absolute Gasteiger partial charge is 0.264 e. The first-order chi connectivity index (χ1) is 15.5. The van der Waals surface area contributed by atoms with Gasteiger partial charge in [0.15, 0.2) is 11.5 Å². The molecule has 11 heteroatoms. The predicted molar refractivity (Wildman–Crippen MR) is 124 cm³/mol. The summed E-state index contributed by atoms with van der Waals surface area (Å²) in [5.41, 5.74) is 7.23. The van der Waals surface area contributed by atoms with Gasteiger partial charge in [-0.1, -0.05) is 44.2 Å². The zero-order chi connectivity index (χ0) is 24.2. The van der Waals surface area contributed by atoms with Crippen LogP contribution in [-0.2, 0) is 30.7 Å². The van der Waals surface area contributed by atoms with Crippen molar-refractivity contribution < 1.29 is 30.5 Å². The fourth-order valence-corrected chi connectivity index (χ4v) is 5.83. The van der Waals surface area contributed by atoms with E-state index in [0.717, 1.165) is 11.8 Å². The van der Waals surface area contributed by atoms with E-state index in [1.165, 1.54) is 22.5 Å². The molecule has 0 amide bonds. The Balaban J connectivity index is 1.91. The van der Waals surface area contributed by atoms with E-state index < -0.39 is 32.3 Å². The summed E-state index contributed by atoms with van der Waals surface area (Å²) in [5.74, 6) is 0.774. The normalized spacial score (nSPS) is 15.7. The first-order valence-electron chi connectivity index (χ1n) is 10.5. The molecule has 2 unspecified atom stereocenters. The third-order valence-corrected chi connectivity index (χ3v) is 7.45. The van der Waals surface area contributed by atoms with Crippen molar-refractivity contribution in [3.63, 3.8) is 0 Å². The lowest BCUT2D eigenvalue weighted by atomic mass is 10.0. The van der Waals surface area contributed by atoms with Crippen molar-refractivity contribution in [3.8, 4) is 11.5 Å². The fourth-order valence-electron chi connectivity index (χ4n) is 3.54. The Labute approximate surface area is 195 Å². The number of nitrogens with two attached hydrogens (primary N) is 1. The monoisotopic (exact) mass is 498 g/mol. The maximum Gasteiger partial charge on any atom is 0.264 e. The Morgan fingerprint density at radius 1 is 1.00 bits per heavy atom. The molecule has 0 radical (unpaired) electrons. The van der Waals surface area contributed by atoms with Gasteiger partial charge in [-0.15, -0.1) is 0 Å². The molecule has 182 valence electrons. The molecule has 2 aromatic carbocycles. The SMILES string of the molecule is CC(C)CN(CC(OS(C)(=O)=O)C(N)Cc1ccccc1)S(=O)(=O)c1ccc2c(c1)OCO2. The molecule has 0 saturated carbocycles. The van der Waals surface area contributed by atoms with Crippen LogP contribution in [-0.4, -0.2) is 59.4 Å². The molecule has 0 spiro atoms. The molecule has 0 fully saturated rings. The molecule has 1 aliphatic rings. The van der Waals surface area contributed by atoms with Crippen molar-refractivity contribution in [1.29, 1.82) is 0 Å². The number of rotatable bonds is 11. The van der Waals surface area contributed by atoms with Crippen LogP contribution in [0, 0.1) is 5.92 Å². The van der Waals surface area contributed by atoms with Gasteiger partial charge in [0.25, 0.3) is 10.1 Å². The summed E-state index contributed by atoms with van der Waals surface area (Å²) in [4.78, 5) is 0.0159. The highest BCUT2D eigenvalue weighted by molar-refractivity contribution is 7.89. The highest BCUT2D eigenvalue weighted by Crippen LogP contribution is 2.35. The number of hydrogen-bond acceptors (Lipinski definition) is 8. The Hall–Kier alpha value is -2.18.